The van der Waals surface area contributed by atoms with E-state index in [1.165, 1.54) is 33.7 Å². The predicted octanol–water partition coefficient (Wildman–Crippen LogP) is 6.83. The summed E-state index contributed by atoms with van der Waals surface area (Å²) in [6.45, 7) is 17.5. The van der Waals surface area contributed by atoms with Gasteiger partial charge in [-0.15, -0.1) is 0 Å². The molecule has 2 heteroatoms. The number of aryl methyl sites for hydroxylation is 4. The molecule has 0 amide bonds. The van der Waals surface area contributed by atoms with Gasteiger partial charge in [-0.1, -0.05) is 35.4 Å². The van der Waals surface area contributed by atoms with Crippen molar-refractivity contribution in [3.05, 3.63) is 58.7 Å². The van der Waals surface area contributed by atoms with Gasteiger partial charge in [0.1, 0.15) is 0 Å². The lowest BCUT2D eigenvalue weighted by Gasteiger charge is -2.52. The highest BCUT2D eigenvalue weighted by molar-refractivity contribution is 6.34. The van der Waals surface area contributed by atoms with Crippen molar-refractivity contribution in [1.82, 2.24) is 0 Å². The molecule has 0 saturated heterocycles. The highest BCUT2D eigenvalue weighted by Gasteiger charge is 2.56. The Balaban J connectivity index is 2.04. The first kappa shape index (κ1) is 18.6. The molecule has 0 spiro atoms. The molecule has 0 heterocycles. The Morgan fingerprint density at radius 1 is 0.577 bits per heavy atom. The van der Waals surface area contributed by atoms with Crippen molar-refractivity contribution in [3.63, 3.8) is 0 Å². The van der Waals surface area contributed by atoms with Gasteiger partial charge in [-0.2, -0.15) is 0 Å². The van der Waals surface area contributed by atoms with Crippen molar-refractivity contribution in [2.45, 2.75) is 55.4 Å². The summed E-state index contributed by atoms with van der Waals surface area (Å²) < 4.78 is 0. The third kappa shape index (κ3) is 3.02. The van der Waals surface area contributed by atoms with Crippen LogP contribution in [0.5, 0.6) is 0 Å². The average Bonchev–Trinajstić information content (AvgIpc) is 2.52. The summed E-state index contributed by atoms with van der Waals surface area (Å²) >= 11 is 0. The molecule has 1 saturated carbocycles. The van der Waals surface area contributed by atoms with Gasteiger partial charge in [-0.3, -0.25) is 9.98 Å². The summed E-state index contributed by atoms with van der Waals surface area (Å²) in [5.41, 5.74) is 9.30. The summed E-state index contributed by atoms with van der Waals surface area (Å²) in [5, 5.41) is 0. The van der Waals surface area contributed by atoms with Gasteiger partial charge in [-0.25, -0.2) is 0 Å². The molecule has 136 valence electrons. The van der Waals surface area contributed by atoms with Crippen LogP contribution in [0.1, 0.15) is 49.9 Å². The number of hydrogen-bond donors (Lipinski definition) is 0. The molecule has 3 rings (SSSR count). The van der Waals surface area contributed by atoms with E-state index in [4.69, 9.17) is 9.98 Å². The van der Waals surface area contributed by atoms with E-state index in [1.54, 1.807) is 0 Å². The lowest BCUT2D eigenvalue weighted by Crippen LogP contribution is -2.61. The van der Waals surface area contributed by atoms with Crippen molar-refractivity contribution in [1.29, 1.82) is 0 Å². The van der Waals surface area contributed by atoms with Crippen LogP contribution in [0.2, 0.25) is 0 Å². The quantitative estimate of drug-likeness (QED) is 0.569. The standard InChI is InChI=1S/C24H30N2/c1-15-9-11-19(17(3)13-15)25-21-23(5,6)22(24(21,7)8)26-20-12-10-16(2)14-18(20)4/h9-14H,1-8H3. The minimum Gasteiger partial charge on any atom is -0.256 e. The molecule has 1 aliphatic rings. The lowest BCUT2D eigenvalue weighted by atomic mass is 9.52. The SMILES string of the molecule is Cc1ccc(N=C2C(C)(C)C(=Nc3ccc(C)cc3C)C2(C)C)c(C)c1. The van der Waals surface area contributed by atoms with Crippen LogP contribution < -0.4 is 0 Å². The Morgan fingerprint density at radius 2 is 0.923 bits per heavy atom. The monoisotopic (exact) mass is 346 g/mol. The molecule has 2 nitrogen and oxygen atoms in total. The van der Waals surface area contributed by atoms with Gasteiger partial charge >= 0.3 is 0 Å². The molecule has 0 bridgehead atoms. The zero-order chi connectivity index (χ0) is 19.3. The van der Waals surface area contributed by atoms with Crippen LogP contribution in [0.15, 0.2) is 46.4 Å². The number of aliphatic imine (C=N–C) groups is 2. The largest absolute Gasteiger partial charge is 0.256 e. The van der Waals surface area contributed by atoms with E-state index in [0.717, 1.165) is 11.4 Å². The van der Waals surface area contributed by atoms with Crippen molar-refractivity contribution < 1.29 is 0 Å². The lowest BCUT2D eigenvalue weighted by molar-refractivity contribution is 0.491. The maximum atomic E-state index is 5.07. The fourth-order valence-corrected chi connectivity index (χ4v) is 4.39. The van der Waals surface area contributed by atoms with E-state index >= 15 is 0 Å². The Hall–Kier alpha value is -2.22. The molecule has 1 aliphatic carbocycles. The Morgan fingerprint density at radius 3 is 1.23 bits per heavy atom. The second-order valence-corrected chi connectivity index (χ2v) is 8.75. The molecular weight excluding hydrogens is 316 g/mol. The maximum Gasteiger partial charge on any atom is 0.0659 e. The van der Waals surface area contributed by atoms with Gasteiger partial charge in [0.2, 0.25) is 0 Å². The summed E-state index contributed by atoms with van der Waals surface area (Å²) in [5.74, 6) is 0. The molecular formula is C24H30N2. The van der Waals surface area contributed by atoms with E-state index in [-0.39, 0.29) is 10.8 Å². The van der Waals surface area contributed by atoms with E-state index in [1.807, 2.05) is 0 Å². The number of rotatable bonds is 2. The zero-order valence-electron chi connectivity index (χ0n) is 17.4. The Labute approximate surface area is 158 Å². The molecule has 0 aliphatic heterocycles. The Bertz CT molecular complexity index is 834. The normalized spacial score (nSPS) is 17.7. The van der Waals surface area contributed by atoms with Crippen LogP contribution >= 0.6 is 0 Å². The number of nitrogens with zero attached hydrogens (tertiary/aromatic N) is 2. The summed E-state index contributed by atoms with van der Waals surface area (Å²) in [4.78, 5) is 10.1. The first-order chi connectivity index (χ1) is 12.0. The summed E-state index contributed by atoms with van der Waals surface area (Å²) in [7, 11) is 0. The molecule has 0 atom stereocenters. The van der Waals surface area contributed by atoms with Crippen molar-refractivity contribution in [3.8, 4) is 0 Å². The van der Waals surface area contributed by atoms with E-state index in [0.29, 0.717) is 0 Å². The molecule has 1 fully saturated rings. The fourth-order valence-electron chi connectivity index (χ4n) is 4.39. The molecule has 2 aromatic rings. The fraction of sp³-hybridized carbons (Fsp3) is 0.417. The first-order valence-corrected chi connectivity index (χ1v) is 9.37. The smallest absolute Gasteiger partial charge is 0.0659 e. The van der Waals surface area contributed by atoms with Crippen molar-refractivity contribution in [2.75, 3.05) is 0 Å². The second kappa shape index (κ2) is 6.19. The van der Waals surface area contributed by atoms with Crippen LogP contribution in [-0.2, 0) is 0 Å². The highest BCUT2D eigenvalue weighted by atomic mass is 14.9. The minimum atomic E-state index is -0.127. The number of hydrogen-bond acceptors (Lipinski definition) is 2. The molecule has 2 aromatic carbocycles. The van der Waals surface area contributed by atoms with Crippen molar-refractivity contribution >= 4 is 22.8 Å². The minimum absolute atomic E-state index is 0.127. The van der Waals surface area contributed by atoms with Crippen LogP contribution in [0, 0.1) is 38.5 Å². The highest BCUT2D eigenvalue weighted by Crippen LogP contribution is 2.50. The van der Waals surface area contributed by atoms with Gasteiger partial charge in [0, 0.05) is 22.3 Å². The van der Waals surface area contributed by atoms with Crippen LogP contribution in [0.3, 0.4) is 0 Å². The Kier molecular flexibility index (Phi) is 4.42. The first-order valence-electron chi connectivity index (χ1n) is 9.37. The molecule has 26 heavy (non-hydrogen) atoms. The zero-order valence-corrected chi connectivity index (χ0v) is 17.4. The molecule has 0 aromatic heterocycles. The molecule has 0 unspecified atom stereocenters. The van der Waals surface area contributed by atoms with Crippen LogP contribution in [0.25, 0.3) is 0 Å². The molecule has 0 radical (unpaired) electrons. The van der Waals surface area contributed by atoms with E-state index in [2.05, 4.69) is 91.8 Å². The van der Waals surface area contributed by atoms with Gasteiger partial charge in [0.15, 0.2) is 0 Å². The van der Waals surface area contributed by atoms with Gasteiger partial charge in [0.25, 0.3) is 0 Å². The maximum absolute atomic E-state index is 5.07. The summed E-state index contributed by atoms with van der Waals surface area (Å²) in [6, 6.07) is 12.9. The van der Waals surface area contributed by atoms with E-state index in [9.17, 15) is 0 Å². The third-order valence-corrected chi connectivity index (χ3v) is 5.54. The average molecular weight is 347 g/mol. The van der Waals surface area contributed by atoms with Crippen LogP contribution in [-0.4, -0.2) is 11.4 Å². The summed E-state index contributed by atoms with van der Waals surface area (Å²) in [6.07, 6.45) is 0. The third-order valence-electron chi connectivity index (χ3n) is 5.54. The van der Waals surface area contributed by atoms with Gasteiger partial charge in [0.05, 0.1) is 11.4 Å². The van der Waals surface area contributed by atoms with Crippen molar-refractivity contribution in [2.24, 2.45) is 20.8 Å². The van der Waals surface area contributed by atoms with Gasteiger partial charge < -0.3 is 0 Å². The van der Waals surface area contributed by atoms with E-state index < -0.39 is 0 Å². The predicted molar refractivity (Wildman–Crippen MR) is 114 cm³/mol. The second-order valence-electron chi connectivity index (χ2n) is 8.75. The molecule has 0 N–H and O–H groups in total. The van der Waals surface area contributed by atoms with Crippen LogP contribution in [0.4, 0.5) is 11.4 Å². The number of benzene rings is 2. The van der Waals surface area contributed by atoms with Gasteiger partial charge in [-0.05, 0) is 78.6 Å². The topological polar surface area (TPSA) is 24.7 Å².